The maximum atomic E-state index is 12.4. The molecule has 3 rings (SSSR count). The number of fused-ring (bicyclic) bond motifs is 1. The van der Waals surface area contributed by atoms with Crippen LogP contribution in [0.5, 0.6) is 34.5 Å². The number of carbonyl (C=O) groups excluding carboxylic acids is 1. The van der Waals surface area contributed by atoms with Crippen molar-refractivity contribution in [3.05, 3.63) is 35.4 Å². The molecule has 7 heteroatoms. The predicted octanol–water partition coefficient (Wildman–Crippen LogP) is 2.53. The van der Waals surface area contributed by atoms with Gasteiger partial charge in [0.05, 0.1) is 20.6 Å². The average Bonchev–Trinajstić information content (AvgIpc) is 2.53. The first-order valence-corrected chi connectivity index (χ1v) is 7.15. The fourth-order valence-electron chi connectivity index (χ4n) is 2.73. The van der Waals surface area contributed by atoms with Gasteiger partial charge >= 0.3 is 0 Å². The zero-order chi connectivity index (χ0) is 17.4. The van der Waals surface area contributed by atoms with Gasteiger partial charge in [-0.25, -0.2) is 0 Å². The zero-order valence-corrected chi connectivity index (χ0v) is 13.1. The van der Waals surface area contributed by atoms with Crippen LogP contribution in [0, 0.1) is 0 Å². The van der Waals surface area contributed by atoms with Crippen molar-refractivity contribution in [3.63, 3.8) is 0 Å². The standard InChI is InChI=1S/C17H16O7/c1-22-9-5-10(18)16-11(19)7-14(24-15(16)6-9)8-3-12(20)17(23-2)13(21)4-8/h3-6,14,18,20-21H,7H2,1-2H3/t14-/m0/s1. The number of aromatic hydroxyl groups is 3. The van der Waals surface area contributed by atoms with Crippen LogP contribution in [-0.4, -0.2) is 35.3 Å². The minimum absolute atomic E-state index is 0.0436. The Labute approximate surface area is 137 Å². The van der Waals surface area contributed by atoms with Gasteiger partial charge in [-0.2, -0.15) is 0 Å². The van der Waals surface area contributed by atoms with E-state index in [1.54, 1.807) is 0 Å². The number of Topliss-reactive ketones (excluding diaryl/α,β-unsaturated/α-hetero) is 1. The Morgan fingerprint density at radius 1 is 1.00 bits per heavy atom. The number of ketones is 1. The van der Waals surface area contributed by atoms with E-state index >= 15 is 0 Å². The molecule has 1 aliphatic heterocycles. The number of carbonyl (C=O) groups is 1. The normalized spacial score (nSPS) is 16.2. The molecule has 0 saturated heterocycles. The second-order valence-corrected chi connectivity index (χ2v) is 5.35. The SMILES string of the molecule is COc1cc(O)c2c(c1)O[C@H](c1cc(O)c(OC)c(O)c1)CC2=O. The second-order valence-electron chi connectivity index (χ2n) is 5.35. The molecule has 0 unspecified atom stereocenters. The highest BCUT2D eigenvalue weighted by atomic mass is 16.5. The van der Waals surface area contributed by atoms with E-state index in [0.717, 1.165) is 0 Å². The van der Waals surface area contributed by atoms with Gasteiger partial charge in [-0.3, -0.25) is 4.79 Å². The quantitative estimate of drug-likeness (QED) is 0.793. The summed E-state index contributed by atoms with van der Waals surface area (Å²) >= 11 is 0. The topological polar surface area (TPSA) is 105 Å². The highest BCUT2D eigenvalue weighted by Gasteiger charge is 2.31. The van der Waals surface area contributed by atoms with Crippen LogP contribution in [0.25, 0.3) is 0 Å². The lowest BCUT2D eigenvalue weighted by Gasteiger charge is -2.26. The van der Waals surface area contributed by atoms with Gasteiger partial charge in [0.25, 0.3) is 0 Å². The van der Waals surface area contributed by atoms with Gasteiger partial charge in [0.1, 0.15) is 28.9 Å². The molecule has 0 aliphatic carbocycles. The van der Waals surface area contributed by atoms with E-state index in [1.165, 1.54) is 38.5 Å². The summed E-state index contributed by atoms with van der Waals surface area (Å²) in [6.07, 6.45) is -0.767. The van der Waals surface area contributed by atoms with Gasteiger partial charge in [-0.15, -0.1) is 0 Å². The number of benzene rings is 2. The van der Waals surface area contributed by atoms with Gasteiger partial charge < -0.3 is 29.5 Å². The lowest BCUT2D eigenvalue weighted by atomic mass is 9.95. The van der Waals surface area contributed by atoms with Crippen molar-refractivity contribution in [1.29, 1.82) is 0 Å². The van der Waals surface area contributed by atoms with Crippen LogP contribution in [0.4, 0.5) is 0 Å². The Morgan fingerprint density at radius 2 is 1.67 bits per heavy atom. The van der Waals surface area contributed by atoms with E-state index in [2.05, 4.69) is 0 Å². The Bertz CT molecular complexity index is 790. The molecular formula is C17H16O7. The third kappa shape index (κ3) is 2.54. The van der Waals surface area contributed by atoms with Crippen molar-refractivity contribution in [2.45, 2.75) is 12.5 Å². The number of phenolic OH excluding ortho intramolecular Hbond substituents is 3. The minimum atomic E-state index is -0.723. The van der Waals surface area contributed by atoms with E-state index in [-0.39, 0.29) is 46.5 Å². The van der Waals surface area contributed by atoms with E-state index in [0.29, 0.717) is 11.3 Å². The molecule has 126 valence electrons. The van der Waals surface area contributed by atoms with E-state index in [1.807, 2.05) is 0 Å². The van der Waals surface area contributed by atoms with Crippen LogP contribution in [-0.2, 0) is 0 Å². The fourth-order valence-corrected chi connectivity index (χ4v) is 2.73. The lowest BCUT2D eigenvalue weighted by Crippen LogP contribution is -2.20. The highest BCUT2D eigenvalue weighted by molar-refractivity contribution is 6.02. The number of methoxy groups -OCH3 is 2. The highest BCUT2D eigenvalue weighted by Crippen LogP contribution is 2.44. The van der Waals surface area contributed by atoms with Crippen LogP contribution < -0.4 is 14.2 Å². The van der Waals surface area contributed by atoms with Crippen molar-refractivity contribution < 1.29 is 34.3 Å². The monoisotopic (exact) mass is 332 g/mol. The maximum Gasteiger partial charge on any atom is 0.202 e. The number of hydrogen-bond donors (Lipinski definition) is 3. The number of phenols is 3. The molecular weight excluding hydrogens is 316 g/mol. The molecule has 0 radical (unpaired) electrons. The second kappa shape index (κ2) is 5.84. The van der Waals surface area contributed by atoms with Gasteiger partial charge in [0.2, 0.25) is 5.75 Å². The Balaban J connectivity index is 2.02. The summed E-state index contributed by atoms with van der Waals surface area (Å²) in [5, 5.41) is 29.8. The number of rotatable bonds is 3. The minimum Gasteiger partial charge on any atom is -0.507 e. The van der Waals surface area contributed by atoms with Crippen molar-refractivity contribution >= 4 is 5.78 Å². The molecule has 0 saturated carbocycles. The van der Waals surface area contributed by atoms with Gasteiger partial charge in [0, 0.05) is 17.7 Å². The van der Waals surface area contributed by atoms with Crippen LogP contribution >= 0.6 is 0 Å². The third-order valence-electron chi connectivity index (χ3n) is 3.86. The summed E-state index contributed by atoms with van der Waals surface area (Å²) in [6.45, 7) is 0. The van der Waals surface area contributed by atoms with Crippen molar-refractivity contribution in [1.82, 2.24) is 0 Å². The molecule has 3 N–H and O–H groups in total. The van der Waals surface area contributed by atoms with E-state index in [4.69, 9.17) is 14.2 Å². The zero-order valence-electron chi connectivity index (χ0n) is 13.1. The van der Waals surface area contributed by atoms with Crippen LogP contribution in [0.3, 0.4) is 0 Å². The first-order valence-electron chi connectivity index (χ1n) is 7.15. The Hall–Kier alpha value is -3.09. The molecule has 0 aromatic heterocycles. The maximum absolute atomic E-state index is 12.4. The molecule has 0 amide bonds. The molecule has 0 fully saturated rings. The molecule has 1 atom stereocenters. The largest absolute Gasteiger partial charge is 0.507 e. The fraction of sp³-hybridized carbons (Fsp3) is 0.235. The number of hydrogen-bond acceptors (Lipinski definition) is 7. The van der Waals surface area contributed by atoms with Gasteiger partial charge in [-0.05, 0) is 12.1 Å². The van der Waals surface area contributed by atoms with Crippen LogP contribution in [0.1, 0.15) is 28.4 Å². The summed E-state index contributed by atoms with van der Waals surface area (Å²) in [6, 6.07) is 5.57. The van der Waals surface area contributed by atoms with E-state index < -0.39 is 6.10 Å². The molecule has 1 aliphatic rings. The van der Waals surface area contributed by atoms with E-state index in [9.17, 15) is 20.1 Å². The van der Waals surface area contributed by atoms with Crippen molar-refractivity contribution in [3.8, 4) is 34.5 Å². The van der Waals surface area contributed by atoms with Crippen molar-refractivity contribution in [2.24, 2.45) is 0 Å². The summed E-state index contributed by atoms with van der Waals surface area (Å²) in [4.78, 5) is 12.4. The van der Waals surface area contributed by atoms with Gasteiger partial charge in [-0.1, -0.05) is 0 Å². The third-order valence-corrected chi connectivity index (χ3v) is 3.86. The van der Waals surface area contributed by atoms with Gasteiger partial charge in [0.15, 0.2) is 17.3 Å². The summed E-state index contributed by atoms with van der Waals surface area (Å²) in [5.41, 5.74) is 0.501. The Kier molecular flexibility index (Phi) is 3.84. The first-order chi connectivity index (χ1) is 11.4. The first kappa shape index (κ1) is 15.8. The average molecular weight is 332 g/mol. The molecule has 7 nitrogen and oxygen atoms in total. The Morgan fingerprint density at radius 3 is 2.25 bits per heavy atom. The number of ether oxygens (including phenoxy) is 3. The van der Waals surface area contributed by atoms with Crippen LogP contribution in [0.2, 0.25) is 0 Å². The molecule has 0 bridgehead atoms. The molecule has 2 aromatic carbocycles. The summed E-state index contributed by atoms with van der Waals surface area (Å²) < 4.78 is 15.7. The molecule has 0 spiro atoms. The van der Waals surface area contributed by atoms with Crippen LogP contribution in [0.15, 0.2) is 24.3 Å². The molecule has 2 aromatic rings. The summed E-state index contributed by atoms with van der Waals surface area (Å²) in [7, 11) is 2.75. The predicted molar refractivity (Wildman–Crippen MR) is 83.3 cm³/mol. The summed E-state index contributed by atoms with van der Waals surface area (Å²) in [5.74, 6) is -0.571. The molecule has 24 heavy (non-hydrogen) atoms. The lowest BCUT2D eigenvalue weighted by molar-refractivity contribution is 0.0843. The smallest absolute Gasteiger partial charge is 0.202 e. The molecule has 1 heterocycles. The van der Waals surface area contributed by atoms with Crippen molar-refractivity contribution in [2.75, 3.05) is 14.2 Å².